The Kier molecular flexibility index (Phi) is 2.75. The van der Waals surface area contributed by atoms with Gasteiger partial charge in [0.25, 0.3) is 0 Å². The van der Waals surface area contributed by atoms with Gasteiger partial charge in [-0.15, -0.1) is 6.42 Å². The van der Waals surface area contributed by atoms with Gasteiger partial charge in [-0.05, 0) is 14.1 Å². The van der Waals surface area contributed by atoms with Crippen molar-refractivity contribution in [2.24, 2.45) is 0 Å². The zero-order valence-electron chi connectivity index (χ0n) is 5.46. The Balaban J connectivity index is 4.04. The lowest BCUT2D eigenvalue weighted by Crippen LogP contribution is -2.33. The van der Waals surface area contributed by atoms with Gasteiger partial charge in [0.2, 0.25) is 0 Å². The third kappa shape index (κ3) is 2.15. The van der Waals surface area contributed by atoms with Crippen LogP contribution in [0.1, 0.15) is 0 Å². The average molecular weight is 127 g/mol. The number of terminal acetylenes is 1. The second-order valence-corrected chi connectivity index (χ2v) is 1.87. The highest BCUT2D eigenvalue weighted by Gasteiger charge is 2.14. The first-order valence-corrected chi connectivity index (χ1v) is 2.45. The maximum Gasteiger partial charge on any atom is 0.333 e. The Labute approximate surface area is 54.3 Å². The van der Waals surface area contributed by atoms with Crippen LogP contribution < -0.4 is 0 Å². The van der Waals surface area contributed by atoms with E-state index in [1.54, 1.807) is 14.1 Å². The van der Waals surface area contributed by atoms with Crippen LogP contribution in [0.5, 0.6) is 0 Å². The molecule has 0 saturated heterocycles. The molecule has 1 atom stereocenters. The fraction of sp³-hybridized carbons (Fsp3) is 0.500. The van der Waals surface area contributed by atoms with E-state index in [0.29, 0.717) is 0 Å². The maximum atomic E-state index is 10.2. The summed E-state index contributed by atoms with van der Waals surface area (Å²) in [4.78, 5) is 11.6. The Bertz CT molecular complexity index is 146. The van der Waals surface area contributed by atoms with Crippen LogP contribution in [0.2, 0.25) is 0 Å². The summed E-state index contributed by atoms with van der Waals surface area (Å²) >= 11 is 0. The van der Waals surface area contributed by atoms with E-state index in [1.807, 2.05) is 0 Å². The van der Waals surface area contributed by atoms with E-state index in [4.69, 9.17) is 11.5 Å². The zero-order valence-corrected chi connectivity index (χ0v) is 5.46. The summed E-state index contributed by atoms with van der Waals surface area (Å²) in [6.45, 7) is 0. The van der Waals surface area contributed by atoms with Crippen molar-refractivity contribution >= 4 is 5.97 Å². The molecule has 50 valence electrons. The second kappa shape index (κ2) is 3.10. The molecule has 0 aliphatic heterocycles. The third-order valence-electron chi connectivity index (χ3n) is 0.908. The zero-order chi connectivity index (χ0) is 7.44. The minimum absolute atomic E-state index is 0.801. The normalized spacial score (nSPS) is 12.7. The van der Waals surface area contributed by atoms with Crippen LogP contribution in [0.15, 0.2) is 0 Å². The molecule has 0 aliphatic carbocycles. The quantitative estimate of drug-likeness (QED) is 0.515. The predicted molar refractivity (Wildman–Crippen MR) is 33.9 cm³/mol. The third-order valence-corrected chi connectivity index (χ3v) is 0.908. The molecule has 3 heteroatoms. The Morgan fingerprint density at radius 2 is 2.22 bits per heavy atom. The molecule has 9 heavy (non-hydrogen) atoms. The van der Waals surface area contributed by atoms with Crippen molar-refractivity contribution in [2.45, 2.75) is 6.04 Å². The van der Waals surface area contributed by atoms with E-state index in [2.05, 4.69) is 5.92 Å². The van der Waals surface area contributed by atoms with Crippen molar-refractivity contribution < 1.29 is 9.90 Å². The summed E-state index contributed by atoms with van der Waals surface area (Å²) in [5.74, 6) is 1.14. The van der Waals surface area contributed by atoms with E-state index < -0.39 is 12.0 Å². The summed E-state index contributed by atoms with van der Waals surface area (Å²) in [5.41, 5.74) is 0. The monoisotopic (exact) mass is 127 g/mol. The number of aliphatic carboxylic acids is 1. The molecule has 0 aliphatic rings. The van der Waals surface area contributed by atoms with E-state index >= 15 is 0 Å². The molecule has 0 spiro atoms. The van der Waals surface area contributed by atoms with Crippen LogP contribution in [0.3, 0.4) is 0 Å². The number of hydrogen-bond acceptors (Lipinski definition) is 2. The Morgan fingerprint density at radius 3 is 2.22 bits per heavy atom. The second-order valence-electron chi connectivity index (χ2n) is 1.87. The van der Waals surface area contributed by atoms with Crippen LogP contribution in [0, 0.1) is 12.3 Å². The molecule has 0 unspecified atom stereocenters. The van der Waals surface area contributed by atoms with Crippen molar-refractivity contribution in [3.05, 3.63) is 0 Å². The van der Waals surface area contributed by atoms with Gasteiger partial charge in [-0.2, -0.15) is 0 Å². The van der Waals surface area contributed by atoms with E-state index in [1.165, 1.54) is 4.90 Å². The number of likely N-dealkylation sites (N-methyl/N-ethyl adjacent to an activating group) is 1. The van der Waals surface area contributed by atoms with Crippen LogP contribution in [0.25, 0.3) is 0 Å². The van der Waals surface area contributed by atoms with Gasteiger partial charge >= 0.3 is 5.97 Å². The molecule has 3 nitrogen and oxygen atoms in total. The van der Waals surface area contributed by atoms with E-state index in [-0.39, 0.29) is 0 Å². The van der Waals surface area contributed by atoms with Gasteiger partial charge in [0, 0.05) is 0 Å². The highest BCUT2D eigenvalue weighted by molar-refractivity contribution is 5.77. The minimum atomic E-state index is -0.984. The van der Waals surface area contributed by atoms with Crippen molar-refractivity contribution in [1.29, 1.82) is 0 Å². The molecule has 0 aromatic carbocycles. The first-order valence-electron chi connectivity index (χ1n) is 2.45. The molecule has 0 heterocycles. The van der Waals surface area contributed by atoms with E-state index in [9.17, 15) is 4.79 Å². The highest BCUT2D eigenvalue weighted by Crippen LogP contribution is 1.88. The highest BCUT2D eigenvalue weighted by atomic mass is 16.4. The summed E-state index contributed by atoms with van der Waals surface area (Å²) in [6.07, 6.45) is 4.90. The van der Waals surface area contributed by atoms with Gasteiger partial charge in [-0.3, -0.25) is 4.90 Å². The molecule has 0 aromatic heterocycles. The van der Waals surface area contributed by atoms with Gasteiger partial charge in [-0.1, -0.05) is 5.92 Å². The number of nitrogens with zero attached hydrogens (tertiary/aromatic N) is 1. The predicted octanol–water partition coefficient (Wildman–Crippen LogP) is -0.366. The molecule has 0 bridgehead atoms. The summed E-state index contributed by atoms with van der Waals surface area (Å²) < 4.78 is 0. The number of carboxylic acid groups (broad SMARTS) is 1. The fourth-order valence-electron chi connectivity index (χ4n) is 0.441. The molecule has 0 aromatic rings. The van der Waals surface area contributed by atoms with Crippen LogP contribution in [-0.4, -0.2) is 36.1 Å². The average Bonchev–Trinajstić information content (AvgIpc) is 1.64. The van der Waals surface area contributed by atoms with Crippen LogP contribution in [0.4, 0.5) is 0 Å². The van der Waals surface area contributed by atoms with Crippen molar-refractivity contribution in [3.63, 3.8) is 0 Å². The van der Waals surface area contributed by atoms with Gasteiger partial charge in [0.15, 0.2) is 6.04 Å². The lowest BCUT2D eigenvalue weighted by Gasteiger charge is -2.12. The van der Waals surface area contributed by atoms with Crippen LogP contribution >= 0.6 is 0 Å². The van der Waals surface area contributed by atoms with Gasteiger partial charge < -0.3 is 5.11 Å². The maximum absolute atomic E-state index is 10.2. The lowest BCUT2D eigenvalue weighted by atomic mass is 10.3. The lowest BCUT2D eigenvalue weighted by molar-refractivity contribution is -0.140. The summed E-state index contributed by atoms with van der Waals surface area (Å²) in [5, 5.41) is 8.36. The topological polar surface area (TPSA) is 40.5 Å². The molecule has 0 amide bonds. The number of rotatable bonds is 2. The Morgan fingerprint density at radius 1 is 1.78 bits per heavy atom. The standard InChI is InChI=1S/C6H9NO2/c1-4-5(6(8)9)7(2)3/h1,5H,2-3H3,(H,8,9)/t5-/m0/s1. The molecule has 0 rings (SSSR count). The summed E-state index contributed by atoms with van der Waals surface area (Å²) in [6, 6.07) is -0.801. The smallest absolute Gasteiger partial charge is 0.333 e. The first-order chi connectivity index (χ1) is 4.09. The van der Waals surface area contributed by atoms with Gasteiger partial charge in [-0.25, -0.2) is 4.79 Å². The molecule has 0 fully saturated rings. The fourth-order valence-corrected chi connectivity index (χ4v) is 0.441. The molecule has 0 radical (unpaired) electrons. The first kappa shape index (κ1) is 7.99. The number of carboxylic acids is 1. The molecular formula is C6H9NO2. The van der Waals surface area contributed by atoms with Gasteiger partial charge in [0.05, 0.1) is 0 Å². The minimum Gasteiger partial charge on any atom is -0.479 e. The largest absolute Gasteiger partial charge is 0.479 e. The SMILES string of the molecule is C#C[C@@H](C(=O)O)N(C)C. The van der Waals surface area contributed by atoms with Gasteiger partial charge in [0.1, 0.15) is 0 Å². The van der Waals surface area contributed by atoms with Crippen molar-refractivity contribution in [2.75, 3.05) is 14.1 Å². The molecule has 1 N–H and O–H groups in total. The van der Waals surface area contributed by atoms with Crippen molar-refractivity contribution in [3.8, 4) is 12.3 Å². The molecule has 0 saturated carbocycles. The van der Waals surface area contributed by atoms with Crippen molar-refractivity contribution in [1.82, 2.24) is 4.90 Å². The van der Waals surface area contributed by atoms with E-state index in [0.717, 1.165) is 0 Å². The Hall–Kier alpha value is -1.01. The summed E-state index contributed by atoms with van der Waals surface area (Å²) in [7, 11) is 3.25. The van der Waals surface area contributed by atoms with Crippen LogP contribution in [-0.2, 0) is 4.79 Å². The number of hydrogen-bond donors (Lipinski definition) is 1. The molecular weight excluding hydrogens is 118 g/mol. The number of carbonyl (C=O) groups is 1.